The van der Waals surface area contributed by atoms with Crippen LogP contribution in [0.15, 0.2) is 36.5 Å². The maximum absolute atomic E-state index is 12.7. The van der Waals surface area contributed by atoms with Crippen LogP contribution < -0.4 is 10.1 Å². The van der Waals surface area contributed by atoms with Crippen molar-refractivity contribution in [3.8, 4) is 5.75 Å². The van der Waals surface area contributed by atoms with Crippen LogP contribution >= 0.6 is 12.4 Å². The average molecular weight is 359 g/mol. The zero-order valence-corrected chi connectivity index (χ0v) is 14.2. The molecule has 3 rings (SSSR count). The van der Waals surface area contributed by atoms with Crippen molar-refractivity contribution in [1.29, 1.82) is 0 Å². The van der Waals surface area contributed by atoms with Gasteiger partial charge in [0.1, 0.15) is 5.75 Å². The Balaban J connectivity index is 0.00000208. The molecule has 0 radical (unpaired) electrons. The van der Waals surface area contributed by atoms with Crippen LogP contribution in [0.5, 0.6) is 5.75 Å². The summed E-state index contributed by atoms with van der Waals surface area (Å²) in [5.41, 5.74) is 1.74. The van der Waals surface area contributed by atoms with Crippen molar-refractivity contribution in [2.24, 2.45) is 0 Å². The number of alkyl halides is 2. The van der Waals surface area contributed by atoms with Crippen LogP contribution in [0.1, 0.15) is 23.8 Å². The van der Waals surface area contributed by atoms with E-state index in [2.05, 4.69) is 15.3 Å². The number of halogens is 3. The third-order valence-corrected chi connectivity index (χ3v) is 4.08. The predicted octanol–water partition coefficient (Wildman–Crippen LogP) is 2.86. The van der Waals surface area contributed by atoms with E-state index < -0.39 is 6.55 Å². The van der Waals surface area contributed by atoms with Gasteiger partial charge in [-0.2, -0.15) is 13.9 Å². The monoisotopic (exact) mass is 358 g/mol. The highest BCUT2D eigenvalue weighted by atomic mass is 35.5. The van der Waals surface area contributed by atoms with Gasteiger partial charge in [-0.3, -0.25) is 4.90 Å². The topological polar surface area (TPSA) is 42.3 Å². The lowest BCUT2D eigenvalue weighted by Gasteiger charge is -2.36. The van der Waals surface area contributed by atoms with Gasteiger partial charge in [0, 0.05) is 37.9 Å². The van der Waals surface area contributed by atoms with Crippen molar-refractivity contribution in [3.63, 3.8) is 0 Å². The van der Waals surface area contributed by atoms with Crippen molar-refractivity contribution < 1.29 is 13.5 Å². The number of nitrogens with zero attached hydrogens (tertiary/aromatic N) is 3. The molecule has 0 spiro atoms. The number of piperazine rings is 1. The standard InChI is InChI=1S/C16H20F2N4O.ClH/c1-23-15-5-3-2-4-13(15)14-10-19-7-9-21(14)11-12-6-8-22(20-12)16(17)18;/h2-6,8,14,16,19H,7,9-11H2,1H3;1H. The Morgan fingerprint density at radius 1 is 1.33 bits per heavy atom. The Bertz CT molecular complexity index is 653. The summed E-state index contributed by atoms with van der Waals surface area (Å²) in [5.74, 6) is 0.837. The van der Waals surface area contributed by atoms with Gasteiger partial charge in [-0.05, 0) is 12.1 Å². The number of hydrogen-bond donors (Lipinski definition) is 1. The van der Waals surface area contributed by atoms with E-state index >= 15 is 0 Å². The van der Waals surface area contributed by atoms with Gasteiger partial charge >= 0.3 is 6.55 Å². The van der Waals surface area contributed by atoms with Gasteiger partial charge < -0.3 is 10.1 Å². The fourth-order valence-electron chi connectivity index (χ4n) is 2.96. The second-order valence-electron chi connectivity index (χ2n) is 5.50. The lowest BCUT2D eigenvalue weighted by Crippen LogP contribution is -2.45. The normalized spacial score (nSPS) is 18.4. The van der Waals surface area contributed by atoms with Gasteiger partial charge in [-0.25, -0.2) is 4.68 Å². The minimum Gasteiger partial charge on any atom is -0.496 e. The van der Waals surface area contributed by atoms with Gasteiger partial charge in [0.2, 0.25) is 0 Å². The molecular weight excluding hydrogens is 338 g/mol. The molecule has 0 saturated carbocycles. The van der Waals surface area contributed by atoms with Crippen molar-refractivity contribution in [2.75, 3.05) is 26.7 Å². The Morgan fingerprint density at radius 3 is 2.83 bits per heavy atom. The average Bonchev–Trinajstić information content (AvgIpc) is 3.04. The lowest BCUT2D eigenvalue weighted by atomic mass is 10.0. The smallest absolute Gasteiger partial charge is 0.333 e. The zero-order chi connectivity index (χ0) is 16.2. The molecular formula is C16H21ClF2N4O. The SMILES string of the molecule is COc1ccccc1C1CNCCN1Cc1ccn(C(F)F)n1.Cl. The molecule has 1 fully saturated rings. The number of ether oxygens (including phenoxy) is 1. The highest BCUT2D eigenvalue weighted by molar-refractivity contribution is 5.85. The van der Waals surface area contributed by atoms with Crippen LogP contribution in [0, 0.1) is 0 Å². The maximum atomic E-state index is 12.7. The molecule has 1 aromatic carbocycles. The summed E-state index contributed by atoms with van der Waals surface area (Å²) in [4.78, 5) is 2.24. The quantitative estimate of drug-likeness (QED) is 0.892. The summed E-state index contributed by atoms with van der Waals surface area (Å²) in [5, 5.41) is 7.33. The van der Waals surface area contributed by atoms with Crippen molar-refractivity contribution in [1.82, 2.24) is 20.0 Å². The van der Waals surface area contributed by atoms with E-state index in [1.54, 1.807) is 13.2 Å². The third kappa shape index (κ3) is 4.03. The molecule has 1 aromatic heterocycles. The fourth-order valence-corrected chi connectivity index (χ4v) is 2.96. The van der Waals surface area contributed by atoms with E-state index in [4.69, 9.17) is 4.74 Å². The molecule has 8 heteroatoms. The van der Waals surface area contributed by atoms with E-state index in [0.717, 1.165) is 30.9 Å². The Hall–Kier alpha value is -1.70. The van der Waals surface area contributed by atoms with Gasteiger partial charge in [0.25, 0.3) is 0 Å². The molecule has 1 aliphatic heterocycles. The maximum Gasteiger partial charge on any atom is 0.333 e. The molecule has 1 N–H and O–H groups in total. The number of methoxy groups -OCH3 is 1. The van der Waals surface area contributed by atoms with Gasteiger partial charge in [0.15, 0.2) is 0 Å². The number of hydrogen-bond acceptors (Lipinski definition) is 4. The van der Waals surface area contributed by atoms with Gasteiger partial charge in [-0.15, -0.1) is 12.4 Å². The third-order valence-electron chi connectivity index (χ3n) is 4.08. The van der Waals surface area contributed by atoms with Crippen LogP contribution in [-0.4, -0.2) is 41.4 Å². The zero-order valence-electron chi connectivity index (χ0n) is 13.4. The van der Waals surface area contributed by atoms with E-state index in [-0.39, 0.29) is 18.4 Å². The van der Waals surface area contributed by atoms with Crippen LogP contribution in [0.4, 0.5) is 8.78 Å². The molecule has 2 heterocycles. The van der Waals surface area contributed by atoms with Crippen LogP contribution in [0.2, 0.25) is 0 Å². The fraction of sp³-hybridized carbons (Fsp3) is 0.438. The van der Waals surface area contributed by atoms with E-state index in [9.17, 15) is 8.78 Å². The molecule has 2 aromatic rings. The number of aromatic nitrogens is 2. The minimum atomic E-state index is -2.60. The summed E-state index contributed by atoms with van der Waals surface area (Å²) >= 11 is 0. The van der Waals surface area contributed by atoms with Crippen LogP contribution in [0.25, 0.3) is 0 Å². The van der Waals surface area contributed by atoms with Gasteiger partial charge in [0.05, 0.1) is 18.8 Å². The second kappa shape index (κ2) is 8.41. The van der Waals surface area contributed by atoms with E-state index in [0.29, 0.717) is 16.9 Å². The summed E-state index contributed by atoms with van der Waals surface area (Å²) in [6.07, 6.45) is 1.32. The highest BCUT2D eigenvalue weighted by Gasteiger charge is 2.26. The number of nitrogens with one attached hydrogen (secondary N) is 1. The molecule has 5 nitrogen and oxygen atoms in total. The van der Waals surface area contributed by atoms with E-state index in [1.807, 2.05) is 24.3 Å². The molecule has 1 unspecified atom stereocenters. The Kier molecular flexibility index (Phi) is 6.53. The molecule has 1 saturated heterocycles. The summed E-state index contributed by atoms with van der Waals surface area (Å²) < 4.78 is 31.5. The molecule has 1 aliphatic rings. The summed E-state index contributed by atoms with van der Waals surface area (Å²) in [6.45, 7) is 0.405. The van der Waals surface area contributed by atoms with Crippen LogP contribution in [-0.2, 0) is 6.54 Å². The second-order valence-corrected chi connectivity index (χ2v) is 5.50. The number of rotatable bonds is 5. The first-order chi connectivity index (χ1) is 11.2. The van der Waals surface area contributed by atoms with Crippen LogP contribution in [0.3, 0.4) is 0 Å². The first-order valence-corrected chi connectivity index (χ1v) is 7.59. The Morgan fingerprint density at radius 2 is 2.12 bits per heavy atom. The molecule has 0 bridgehead atoms. The van der Waals surface area contributed by atoms with Crippen molar-refractivity contribution >= 4 is 12.4 Å². The molecule has 1 atom stereocenters. The van der Waals surface area contributed by atoms with E-state index in [1.165, 1.54) is 6.20 Å². The van der Waals surface area contributed by atoms with Crippen molar-refractivity contribution in [3.05, 3.63) is 47.8 Å². The first kappa shape index (κ1) is 18.6. The lowest BCUT2D eigenvalue weighted by molar-refractivity contribution is 0.0553. The van der Waals surface area contributed by atoms with Gasteiger partial charge in [-0.1, -0.05) is 18.2 Å². The van der Waals surface area contributed by atoms with Crippen molar-refractivity contribution in [2.45, 2.75) is 19.1 Å². The molecule has 24 heavy (non-hydrogen) atoms. The molecule has 132 valence electrons. The minimum absolute atomic E-state index is 0. The Labute approximate surface area is 146 Å². The number of para-hydroxylation sites is 1. The summed E-state index contributed by atoms with van der Waals surface area (Å²) in [6, 6.07) is 9.67. The molecule has 0 aliphatic carbocycles. The largest absolute Gasteiger partial charge is 0.496 e. The highest BCUT2D eigenvalue weighted by Crippen LogP contribution is 2.31. The predicted molar refractivity (Wildman–Crippen MR) is 89.7 cm³/mol. The molecule has 0 amide bonds. The summed E-state index contributed by atoms with van der Waals surface area (Å²) in [7, 11) is 1.66. The number of benzene rings is 1. The first-order valence-electron chi connectivity index (χ1n) is 7.59.